The lowest BCUT2D eigenvalue weighted by molar-refractivity contribution is 0.102. The first-order valence-electron chi connectivity index (χ1n) is 10.6. The second-order valence-electron chi connectivity index (χ2n) is 7.97. The lowest BCUT2D eigenvalue weighted by Gasteiger charge is -2.26. The van der Waals surface area contributed by atoms with Gasteiger partial charge in [-0.25, -0.2) is 9.97 Å². The van der Waals surface area contributed by atoms with Gasteiger partial charge in [0.15, 0.2) is 5.69 Å². The van der Waals surface area contributed by atoms with Crippen molar-refractivity contribution in [2.75, 3.05) is 36.5 Å². The summed E-state index contributed by atoms with van der Waals surface area (Å²) in [5.41, 5.74) is 4.95. The van der Waals surface area contributed by atoms with Crippen molar-refractivity contribution < 1.29 is 9.53 Å². The normalized spacial score (nSPS) is 16.2. The summed E-state index contributed by atoms with van der Waals surface area (Å²) in [5, 5.41) is 11.0. The molecule has 2 aliphatic rings. The molecule has 3 aromatic rings. The summed E-state index contributed by atoms with van der Waals surface area (Å²) in [4.78, 5) is 24.1. The average Bonchev–Trinajstić information content (AvgIpc) is 3.67. The molecular formula is C23H24N6O2. The van der Waals surface area contributed by atoms with Crippen LogP contribution in [0.5, 0.6) is 0 Å². The second-order valence-corrected chi connectivity index (χ2v) is 7.97. The number of amides is 1. The fraction of sp³-hybridized carbons (Fsp3) is 0.348. The third kappa shape index (κ3) is 4.39. The molecule has 0 unspecified atom stereocenters. The number of aryl methyl sites for hydroxylation is 1. The van der Waals surface area contributed by atoms with E-state index in [0.29, 0.717) is 36.5 Å². The van der Waals surface area contributed by atoms with Crippen LogP contribution in [0.2, 0.25) is 0 Å². The molecule has 1 aliphatic heterocycles. The fourth-order valence-electron chi connectivity index (χ4n) is 3.72. The summed E-state index contributed by atoms with van der Waals surface area (Å²) in [7, 11) is 0. The second kappa shape index (κ2) is 8.39. The Morgan fingerprint density at radius 1 is 1.16 bits per heavy atom. The molecule has 158 valence electrons. The third-order valence-corrected chi connectivity index (χ3v) is 5.67. The monoisotopic (exact) mass is 416 g/mol. The van der Waals surface area contributed by atoms with Gasteiger partial charge in [-0.05, 0) is 61.1 Å². The molecule has 5 rings (SSSR count). The molecule has 8 heteroatoms. The number of hydrogen-bond acceptors (Lipinski definition) is 7. The van der Waals surface area contributed by atoms with E-state index in [1.807, 2.05) is 37.3 Å². The standard InChI is InChI=1S/C23H24N6O2/c1-15-2-5-18(26-22(30)21-12-17(14-25-28-21)16-3-4-16)13-19(15)20-6-7-24-23(27-20)29-8-10-31-11-9-29/h2,5-7,12-14,16H,3-4,8-11H2,1H3,(H,26,30). The van der Waals surface area contributed by atoms with Crippen LogP contribution >= 0.6 is 0 Å². The van der Waals surface area contributed by atoms with Crippen LogP contribution in [-0.2, 0) is 4.74 Å². The molecule has 1 saturated carbocycles. The molecule has 1 aromatic carbocycles. The highest BCUT2D eigenvalue weighted by atomic mass is 16.5. The van der Waals surface area contributed by atoms with E-state index >= 15 is 0 Å². The molecule has 0 spiro atoms. The van der Waals surface area contributed by atoms with Crippen LogP contribution in [0.3, 0.4) is 0 Å². The number of nitrogens with zero attached hydrogens (tertiary/aromatic N) is 5. The predicted octanol–water partition coefficient (Wildman–Crippen LogP) is 3.21. The van der Waals surface area contributed by atoms with Crippen LogP contribution in [0.15, 0.2) is 42.7 Å². The number of carbonyl (C=O) groups excluding carboxylic acids is 1. The van der Waals surface area contributed by atoms with E-state index in [1.54, 1.807) is 12.4 Å². The predicted molar refractivity (Wildman–Crippen MR) is 117 cm³/mol. The summed E-state index contributed by atoms with van der Waals surface area (Å²) in [6.07, 6.45) is 5.83. The minimum atomic E-state index is -0.263. The number of hydrogen-bond donors (Lipinski definition) is 1. The average molecular weight is 416 g/mol. The molecule has 1 aliphatic carbocycles. The van der Waals surface area contributed by atoms with Crippen molar-refractivity contribution in [3.05, 3.63) is 59.5 Å². The van der Waals surface area contributed by atoms with Gasteiger partial charge in [0.2, 0.25) is 5.95 Å². The maximum Gasteiger partial charge on any atom is 0.276 e. The largest absolute Gasteiger partial charge is 0.378 e. The lowest BCUT2D eigenvalue weighted by Crippen LogP contribution is -2.37. The van der Waals surface area contributed by atoms with E-state index in [1.165, 1.54) is 0 Å². The van der Waals surface area contributed by atoms with Gasteiger partial charge < -0.3 is 15.0 Å². The number of aromatic nitrogens is 4. The third-order valence-electron chi connectivity index (χ3n) is 5.67. The van der Waals surface area contributed by atoms with Gasteiger partial charge in [-0.2, -0.15) is 5.10 Å². The van der Waals surface area contributed by atoms with Crippen molar-refractivity contribution in [2.45, 2.75) is 25.7 Å². The summed E-state index contributed by atoms with van der Waals surface area (Å²) >= 11 is 0. The maximum absolute atomic E-state index is 12.7. The van der Waals surface area contributed by atoms with Crippen LogP contribution in [0.25, 0.3) is 11.3 Å². The quantitative estimate of drug-likeness (QED) is 0.683. The Morgan fingerprint density at radius 3 is 2.81 bits per heavy atom. The molecule has 0 atom stereocenters. The molecule has 1 saturated heterocycles. The van der Waals surface area contributed by atoms with Gasteiger partial charge in [-0.15, -0.1) is 5.10 Å². The number of nitrogens with one attached hydrogen (secondary N) is 1. The number of benzene rings is 1. The van der Waals surface area contributed by atoms with Gasteiger partial charge in [-0.3, -0.25) is 4.79 Å². The molecule has 3 heterocycles. The van der Waals surface area contributed by atoms with E-state index < -0.39 is 0 Å². The lowest BCUT2D eigenvalue weighted by atomic mass is 10.0. The summed E-state index contributed by atoms with van der Waals surface area (Å²) in [5.74, 6) is 0.953. The van der Waals surface area contributed by atoms with Crippen LogP contribution in [0.1, 0.15) is 40.4 Å². The Balaban J connectivity index is 1.38. The van der Waals surface area contributed by atoms with E-state index in [4.69, 9.17) is 9.72 Å². The smallest absolute Gasteiger partial charge is 0.276 e. The number of ether oxygens (including phenoxy) is 1. The first-order valence-corrected chi connectivity index (χ1v) is 10.6. The highest BCUT2D eigenvalue weighted by Crippen LogP contribution is 2.39. The zero-order valence-corrected chi connectivity index (χ0v) is 17.4. The number of anilines is 2. The Bertz CT molecular complexity index is 1110. The summed E-state index contributed by atoms with van der Waals surface area (Å²) in [6, 6.07) is 9.54. The van der Waals surface area contributed by atoms with Gasteiger partial charge in [0.05, 0.1) is 25.1 Å². The van der Waals surface area contributed by atoms with Gasteiger partial charge in [0.1, 0.15) is 0 Å². The molecule has 0 bridgehead atoms. The molecule has 1 N–H and O–H groups in total. The molecule has 31 heavy (non-hydrogen) atoms. The minimum absolute atomic E-state index is 0.263. The van der Waals surface area contributed by atoms with E-state index in [2.05, 4.69) is 25.4 Å². The summed E-state index contributed by atoms with van der Waals surface area (Å²) < 4.78 is 5.42. The Labute approximate surface area is 180 Å². The van der Waals surface area contributed by atoms with Gasteiger partial charge in [0.25, 0.3) is 5.91 Å². The SMILES string of the molecule is Cc1ccc(NC(=O)c2cc(C3CC3)cnn2)cc1-c1ccnc(N2CCOCC2)n1. The molecule has 1 amide bonds. The Hall–Kier alpha value is -3.39. The van der Waals surface area contributed by atoms with Crippen molar-refractivity contribution in [1.82, 2.24) is 20.2 Å². The van der Waals surface area contributed by atoms with E-state index in [0.717, 1.165) is 48.3 Å². The summed E-state index contributed by atoms with van der Waals surface area (Å²) in [6.45, 7) is 4.94. The number of carbonyl (C=O) groups is 1. The van der Waals surface area contributed by atoms with Crippen molar-refractivity contribution in [2.24, 2.45) is 0 Å². The zero-order chi connectivity index (χ0) is 21.2. The molecule has 8 nitrogen and oxygen atoms in total. The van der Waals surface area contributed by atoms with Crippen LogP contribution in [0.4, 0.5) is 11.6 Å². The van der Waals surface area contributed by atoms with Gasteiger partial charge >= 0.3 is 0 Å². The van der Waals surface area contributed by atoms with Crippen molar-refractivity contribution in [1.29, 1.82) is 0 Å². The van der Waals surface area contributed by atoms with Crippen LogP contribution in [0, 0.1) is 6.92 Å². The van der Waals surface area contributed by atoms with Crippen molar-refractivity contribution in [3.8, 4) is 11.3 Å². The zero-order valence-electron chi connectivity index (χ0n) is 17.4. The van der Waals surface area contributed by atoms with Crippen molar-refractivity contribution >= 4 is 17.5 Å². The number of morpholine rings is 1. The first kappa shape index (κ1) is 19.6. The topological polar surface area (TPSA) is 93.1 Å². The van der Waals surface area contributed by atoms with Gasteiger partial charge in [-0.1, -0.05) is 6.07 Å². The fourth-order valence-corrected chi connectivity index (χ4v) is 3.72. The molecule has 2 aromatic heterocycles. The highest BCUT2D eigenvalue weighted by molar-refractivity contribution is 6.03. The molecule has 2 fully saturated rings. The van der Waals surface area contributed by atoms with Crippen LogP contribution in [-0.4, -0.2) is 52.4 Å². The Kier molecular flexibility index (Phi) is 5.30. The van der Waals surface area contributed by atoms with Crippen molar-refractivity contribution in [3.63, 3.8) is 0 Å². The maximum atomic E-state index is 12.7. The molecule has 0 radical (unpaired) electrons. The van der Waals surface area contributed by atoms with E-state index in [9.17, 15) is 4.79 Å². The number of rotatable bonds is 5. The highest BCUT2D eigenvalue weighted by Gasteiger charge is 2.25. The van der Waals surface area contributed by atoms with Crippen LogP contribution < -0.4 is 10.2 Å². The van der Waals surface area contributed by atoms with E-state index in [-0.39, 0.29) is 5.91 Å². The minimum Gasteiger partial charge on any atom is -0.378 e. The van der Waals surface area contributed by atoms with Gasteiger partial charge in [0, 0.05) is 30.5 Å². The Morgan fingerprint density at radius 2 is 2.00 bits per heavy atom. The molecular weight excluding hydrogens is 392 g/mol. The first-order chi connectivity index (χ1) is 15.2.